The standard InChI is InChI=1S/C7H7FO4S/c1-12-5-2-3-6(9)7(4-5)13(8,10)11/h2-4,9H,1H3. The van der Waals surface area contributed by atoms with Gasteiger partial charge >= 0.3 is 10.2 Å². The van der Waals surface area contributed by atoms with E-state index in [2.05, 4.69) is 4.74 Å². The minimum absolute atomic E-state index is 0.161. The molecule has 0 amide bonds. The number of hydrogen-bond donors (Lipinski definition) is 1. The molecule has 0 aromatic heterocycles. The van der Waals surface area contributed by atoms with Gasteiger partial charge in [0.1, 0.15) is 16.4 Å². The second-order valence-corrected chi connectivity index (χ2v) is 3.59. The molecule has 0 spiro atoms. The van der Waals surface area contributed by atoms with Crippen LogP contribution in [0.4, 0.5) is 3.89 Å². The third-order valence-corrected chi connectivity index (χ3v) is 2.28. The summed E-state index contributed by atoms with van der Waals surface area (Å²) in [6.45, 7) is 0. The van der Waals surface area contributed by atoms with Crippen LogP contribution in [-0.4, -0.2) is 20.6 Å². The van der Waals surface area contributed by atoms with Gasteiger partial charge in [-0.2, -0.15) is 8.42 Å². The van der Waals surface area contributed by atoms with Crippen molar-refractivity contribution in [3.05, 3.63) is 18.2 Å². The molecule has 0 aliphatic heterocycles. The maximum Gasteiger partial charge on any atom is 0.335 e. The first-order valence-electron chi connectivity index (χ1n) is 3.27. The average Bonchev–Trinajstić information content (AvgIpc) is 2.03. The fourth-order valence-electron chi connectivity index (χ4n) is 0.817. The summed E-state index contributed by atoms with van der Waals surface area (Å²) in [7, 11) is -3.59. The lowest BCUT2D eigenvalue weighted by molar-refractivity contribution is 0.407. The monoisotopic (exact) mass is 206 g/mol. The van der Waals surface area contributed by atoms with Crippen molar-refractivity contribution in [3.8, 4) is 11.5 Å². The summed E-state index contributed by atoms with van der Waals surface area (Å²) in [4.78, 5) is -0.785. The summed E-state index contributed by atoms with van der Waals surface area (Å²) in [6.07, 6.45) is 0. The van der Waals surface area contributed by atoms with Crippen molar-refractivity contribution in [2.24, 2.45) is 0 Å². The Morgan fingerprint density at radius 3 is 2.54 bits per heavy atom. The highest BCUT2D eigenvalue weighted by atomic mass is 32.3. The average molecular weight is 206 g/mol. The van der Waals surface area contributed by atoms with Crippen molar-refractivity contribution in [2.75, 3.05) is 7.11 Å². The Kier molecular flexibility index (Phi) is 2.42. The number of hydrogen-bond acceptors (Lipinski definition) is 4. The zero-order chi connectivity index (χ0) is 10.1. The molecule has 4 nitrogen and oxygen atoms in total. The Morgan fingerprint density at radius 1 is 1.46 bits per heavy atom. The molecule has 72 valence electrons. The van der Waals surface area contributed by atoms with Crippen molar-refractivity contribution in [1.82, 2.24) is 0 Å². The molecule has 0 aliphatic carbocycles. The third-order valence-electron chi connectivity index (χ3n) is 1.43. The lowest BCUT2D eigenvalue weighted by atomic mass is 10.3. The fourth-order valence-corrected chi connectivity index (χ4v) is 1.39. The Hall–Kier alpha value is -1.30. The number of halogens is 1. The Morgan fingerprint density at radius 2 is 2.08 bits per heavy atom. The number of phenols is 1. The lowest BCUT2D eigenvalue weighted by Crippen LogP contribution is -1.93. The molecule has 0 bridgehead atoms. The molecule has 1 aromatic carbocycles. The lowest BCUT2D eigenvalue weighted by Gasteiger charge is -2.02. The first-order valence-corrected chi connectivity index (χ1v) is 4.65. The molecule has 0 aliphatic rings. The molecule has 6 heteroatoms. The number of rotatable bonds is 2. The molecule has 1 aromatic rings. The first-order chi connectivity index (χ1) is 5.95. The van der Waals surface area contributed by atoms with Crippen LogP contribution in [0.1, 0.15) is 0 Å². The summed E-state index contributed by atoms with van der Waals surface area (Å²) in [5, 5.41) is 8.99. The molecule has 0 saturated carbocycles. The highest BCUT2D eigenvalue weighted by molar-refractivity contribution is 7.86. The largest absolute Gasteiger partial charge is 0.506 e. The number of methoxy groups -OCH3 is 1. The normalized spacial score (nSPS) is 11.2. The molecule has 13 heavy (non-hydrogen) atoms. The van der Waals surface area contributed by atoms with E-state index in [0.717, 1.165) is 12.1 Å². The van der Waals surface area contributed by atoms with Crippen LogP contribution < -0.4 is 4.74 Å². The van der Waals surface area contributed by atoms with Gasteiger partial charge in [-0.25, -0.2) is 0 Å². The minimum Gasteiger partial charge on any atom is -0.506 e. The number of benzene rings is 1. The van der Waals surface area contributed by atoms with Crippen LogP contribution in [-0.2, 0) is 10.2 Å². The highest BCUT2D eigenvalue weighted by Crippen LogP contribution is 2.28. The summed E-state index contributed by atoms with van der Waals surface area (Å²) in [5.74, 6) is -0.475. The Bertz CT molecular complexity index is 413. The Labute approximate surface area is 74.8 Å². The smallest absolute Gasteiger partial charge is 0.335 e. The van der Waals surface area contributed by atoms with Crippen LogP contribution >= 0.6 is 0 Å². The summed E-state index contributed by atoms with van der Waals surface area (Å²) in [6, 6.07) is 3.28. The quantitative estimate of drug-likeness (QED) is 0.735. The van der Waals surface area contributed by atoms with E-state index in [-0.39, 0.29) is 5.75 Å². The van der Waals surface area contributed by atoms with E-state index in [1.807, 2.05) is 0 Å². The van der Waals surface area contributed by atoms with Gasteiger partial charge in [-0.15, -0.1) is 3.89 Å². The molecule has 0 atom stereocenters. The van der Waals surface area contributed by atoms with E-state index in [0.29, 0.717) is 0 Å². The van der Waals surface area contributed by atoms with Gasteiger partial charge in [0.2, 0.25) is 0 Å². The summed E-state index contributed by atoms with van der Waals surface area (Å²) < 4.78 is 38.0. The molecule has 0 saturated heterocycles. The highest BCUT2D eigenvalue weighted by Gasteiger charge is 2.17. The second kappa shape index (κ2) is 3.21. The van der Waals surface area contributed by atoms with Crippen LogP contribution in [0, 0.1) is 0 Å². The number of ether oxygens (including phenoxy) is 1. The van der Waals surface area contributed by atoms with Gasteiger partial charge in [0, 0.05) is 6.07 Å². The van der Waals surface area contributed by atoms with Gasteiger partial charge in [0.25, 0.3) is 0 Å². The van der Waals surface area contributed by atoms with E-state index in [9.17, 15) is 12.3 Å². The van der Waals surface area contributed by atoms with Gasteiger partial charge in [0.05, 0.1) is 7.11 Å². The predicted molar refractivity (Wildman–Crippen MR) is 43.0 cm³/mol. The maximum absolute atomic E-state index is 12.5. The summed E-state index contributed by atoms with van der Waals surface area (Å²) >= 11 is 0. The molecular weight excluding hydrogens is 199 g/mol. The van der Waals surface area contributed by atoms with Gasteiger partial charge < -0.3 is 9.84 Å². The van der Waals surface area contributed by atoms with Crippen LogP contribution in [0.25, 0.3) is 0 Å². The van der Waals surface area contributed by atoms with E-state index in [1.165, 1.54) is 13.2 Å². The first kappa shape index (κ1) is 9.79. The zero-order valence-corrected chi connectivity index (χ0v) is 7.51. The van der Waals surface area contributed by atoms with E-state index < -0.39 is 20.9 Å². The fraction of sp³-hybridized carbons (Fsp3) is 0.143. The molecular formula is C7H7FO4S. The van der Waals surface area contributed by atoms with Gasteiger partial charge in [-0.05, 0) is 12.1 Å². The van der Waals surface area contributed by atoms with Gasteiger partial charge in [0.15, 0.2) is 0 Å². The van der Waals surface area contributed by atoms with Crippen LogP contribution in [0.15, 0.2) is 23.1 Å². The van der Waals surface area contributed by atoms with Crippen molar-refractivity contribution in [1.29, 1.82) is 0 Å². The zero-order valence-electron chi connectivity index (χ0n) is 6.69. The van der Waals surface area contributed by atoms with Crippen molar-refractivity contribution < 1.29 is 22.1 Å². The van der Waals surface area contributed by atoms with Crippen LogP contribution in [0.2, 0.25) is 0 Å². The van der Waals surface area contributed by atoms with Crippen molar-refractivity contribution >= 4 is 10.2 Å². The third kappa shape index (κ3) is 2.09. The molecule has 1 N–H and O–H groups in total. The Balaban J connectivity index is 3.36. The second-order valence-electron chi connectivity index (χ2n) is 2.27. The van der Waals surface area contributed by atoms with Crippen molar-refractivity contribution in [2.45, 2.75) is 4.90 Å². The van der Waals surface area contributed by atoms with Crippen LogP contribution in [0.3, 0.4) is 0 Å². The van der Waals surface area contributed by atoms with Crippen molar-refractivity contribution in [3.63, 3.8) is 0 Å². The topological polar surface area (TPSA) is 63.6 Å². The predicted octanol–water partition coefficient (Wildman–Crippen LogP) is 1.06. The van der Waals surface area contributed by atoms with Gasteiger partial charge in [-0.1, -0.05) is 0 Å². The maximum atomic E-state index is 12.5. The number of phenolic OH excluding ortho intramolecular Hbond substituents is 1. The molecule has 0 heterocycles. The SMILES string of the molecule is COc1ccc(O)c(S(=O)(=O)F)c1. The molecule has 0 radical (unpaired) electrons. The van der Waals surface area contributed by atoms with Crippen LogP contribution in [0.5, 0.6) is 11.5 Å². The molecule has 1 rings (SSSR count). The van der Waals surface area contributed by atoms with Gasteiger partial charge in [-0.3, -0.25) is 0 Å². The summed E-state index contributed by atoms with van der Waals surface area (Å²) in [5.41, 5.74) is 0. The molecule has 0 fully saturated rings. The van der Waals surface area contributed by atoms with E-state index >= 15 is 0 Å². The molecule has 0 unspecified atom stereocenters. The van der Waals surface area contributed by atoms with E-state index in [1.54, 1.807) is 0 Å². The minimum atomic E-state index is -4.90. The van der Waals surface area contributed by atoms with E-state index in [4.69, 9.17) is 5.11 Å². The number of aromatic hydroxyl groups is 1.